The van der Waals surface area contributed by atoms with Gasteiger partial charge in [-0.3, -0.25) is 4.79 Å². The quantitative estimate of drug-likeness (QED) is 0.813. The molecule has 0 radical (unpaired) electrons. The van der Waals surface area contributed by atoms with Gasteiger partial charge in [0.25, 0.3) is 5.91 Å². The molecule has 5 heteroatoms. The van der Waals surface area contributed by atoms with Crippen LogP contribution in [0, 0.1) is 13.8 Å². The number of urea groups is 1. The van der Waals surface area contributed by atoms with Crippen LogP contribution in [0.3, 0.4) is 0 Å². The summed E-state index contributed by atoms with van der Waals surface area (Å²) in [7, 11) is 1.58. The van der Waals surface area contributed by atoms with Crippen molar-refractivity contribution in [3.8, 4) is 0 Å². The summed E-state index contributed by atoms with van der Waals surface area (Å²) in [6.07, 6.45) is 0. The van der Waals surface area contributed by atoms with E-state index < -0.39 is 0 Å². The zero-order valence-corrected chi connectivity index (χ0v) is 12.9. The molecule has 0 fully saturated rings. The second kappa shape index (κ2) is 6.76. The molecule has 0 aliphatic rings. The molecule has 0 saturated carbocycles. The minimum atomic E-state index is -0.320. The molecule has 0 spiro atoms. The molecule has 0 saturated heterocycles. The maximum Gasteiger partial charge on any atom is 0.323 e. The molecule has 2 rings (SSSR count). The molecule has 0 aliphatic heterocycles. The minimum Gasteiger partial charge on any atom is -0.355 e. The van der Waals surface area contributed by atoms with Gasteiger partial charge in [-0.2, -0.15) is 0 Å². The van der Waals surface area contributed by atoms with Gasteiger partial charge in [0.2, 0.25) is 0 Å². The normalized spacial score (nSPS) is 9.95. The summed E-state index contributed by atoms with van der Waals surface area (Å²) in [6, 6.07) is 12.2. The van der Waals surface area contributed by atoms with E-state index in [0.717, 1.165) is 16.8 Å². The SMILES string of the molecule is CNC(=O)c1ccc(NC(=O)Nc2ccc(C)cc2C)cc1. The largest absolute Gasteiger partial charge is 0.355 e. The molecule has 22 heavy (non-hydrogen) atoms. The van der Waals surface area contributed by atoms with Gasteiger partial charge in [0.15, 0.2) is 0 Å². The van der Waals surface area contributed by atoms with Gasteiger partial charge in [-0.05, 0) is 49.7 Å². The van der Waals surface area contributed by atoms with E-state index in [-0.39, 0.29) is 11.9 Å². The number of benzene rings is 2. The number of carbonyl (C=O) groups excluding carboxylic acids is 2. The number of rotatable bonds is 3. The number of nitrogens with one attached hydrogen (secondary N) is 3. The van der Waals surface area contributed by atoms with Crippen molar-refractivity contribution in [2.24, 2.45) is 0 Å². The maximum atomic E-state index is 12.0. The number of hydrogen-bond donors (Lipinski definition) is 3. The Balaban J connectivity index is 2.01. The van der Waals surface area contributed by atoms with E-state index in [1.807, 2.05) is 32.0 Å². The van der Waals surface area contributed by atoms with Crippen LogP contribution in [0.2, 0.25) is 0 Å². The summed E-state index contributed by atoms with van der Waals surface area (Å²) in [4.78, 5) is 23.4. The molecular weight excluding hydrogens is 278 g/mol. The molecule has 3 amide bonds. The van der Waals surface area contributed by atoms with Gasteiger partial charge in [0.05, 0.1) is 0 Å². The average molecular weight is 297 g/mol. The van der Waals surface area contributed by atoms with Crippen molar-refractivity contribution in [3.63, 3.8) is 0 Å². The van der Waals surface area contributed by atoms with Gasteiger partial charge in [0.1, 0.15) is 0 Å². The number of amides is 3. The molecule has 0 heterocycles. The fourth-order valence-corrected chi connectivity index (χ4v) is 2.09. The molecule has 114 valence electrons. The summed E-state index contributed by atoms with van der Waals surface area (Å²) in [5.74, 6) is -0.161. The highest BCUT2D eigenvalue weighted by Gasteiger charge is 2.06. The molecule has 5 nitrogen and oxygen atoms in total. The fourth-order valence-electron chi connectivity index (χ4n) is 2.09. The Bertz CT molecular complexity index is 694. The molecule has 0 atom stereocenters. The molecule has 0 unspecified atom stereocenters. The van der Waals surface area contributed by atoms with E-state index in [1.165, 1.54) is 0 Å². The number of aryl methyl sites for hydroxylation is 2. The van der Waals surface area contributed by atoms with Crippen LogP contribution in [0.4, 0.5) is 16.2 Å². The number of anilines is 2. The van der Waals surface area contributed by atoms with Crippen molar-refractivity contribution in [1.29, 1.82) is 0 Å². The van der Waals surface area contributed by atoms with Crippen molar-refractivity contribution in [3.05, 3.63) is 59.2 Å². The third kappa shape index (κ3) is 3.85. The smallest absolute Gasteiger partial charge is 0.323 e. The maximum absolute atomic E-state index is 12.0. The van der Waals surface area contributed by atoms with E-state index in [0.29, 0.717) is 11.3 Å². The second-order valence-electron chi connectivity index (χ2n) is 5.05. The topological polar surface area (TPSA) is 70.2 Å². The second-order valence-corrected chi connectivity index (χ2v) is 5.05. The highest BCUT2D eigenvalue weighted by Crippen LogP contribution is 2.17. The summed E-state index contributed by atoms with van der Waals surface area (Å²) in [5, 5.41) is 8.09. The van der Waals surface area contributed by atoms with Crippen LogP contribution >= 0.6 is 0 Å². The highest BCUT2D eigenvalue weighted by atomic mass is 16.2. The first-order chi connectivity index (χ1) is 10.5. The Morgan fingerprint density at radius 3 is 2.18 bits per heavy atom. The van der Waals surface area contributed by atoms with Crippen molar-refractivity contribution in [2.45, 2.75) is 13.8 Å². The predicted octanol–water partition coefficient (Wildman–Crippen LogP) is 3.31. The molecule has 0 bridgehead atoms. The Morgan fingerprint density at radius 2 is 1.59 bits per heavy atom. The van der Waals surface area contributed by atoms with E-state index >= 15 is 0 Å². The zero-order valence-electron chi connectivity index (χ0n) is 12.9. The monoisotopic (exact) mass is 297 g/mol. The van der Waals surface area contributed by atoms with Gasteiger partial charge in [-0.1, -0.05) is 17.7 Å². The van der Waals surface area contributed by atoms with Crippen LogP contribution in [-0.2, 0) is 0 Å². The van der Waals surface area contributed by atoms with E-state index in [2.05, 4.69) is 16.0 Å². The molecule has 0 aliphatic carbocycles. The van der Waals surface area contributed by atoms with E-state index in [9.17, 15) is 9.59 Å². The van der Waals surface area contributed by atoms with Gasteiger partial charge in [-0.15, -0.1) is 0 Å². The van der Waals surface area contributed by atoms with Crippen LogP contribution in [-0.4, -0.2) is 19.0 Å². The first kappa shape index (κ1) is 15.6. The summed E-state index contributed by atoms with van der Waals surface area (Å²) < 4.78 is 0. The van der Waals surface area contributed by atoms with Gasteiger partial charge in [-0.25, -0.2) is 4.79 Å². The van der Waals surface area contributed by atoms with Crippen molar-refractivity contribution < 1.29 is 9.59 Å². The Hall–Kier alpha value is -2.82. The van der Waals surface area contributed by atoms with Gasteiger partial charge in [0, 0.05) is 24.0 Å². The number of carbonyl (C=O) groups is 2. The lowest BCUT2D eigenvalue weighted by Crippen LogP contribution is -2.20. The van der Waals surface area contributed by atoms with Gasteiger partial charge < -0.3 is 16.0 Å². The molecular formula is C17H19N3O2. The standard InChI is InChI=1S/C17H19N3O2/c1-11-4-9-15(12(2)10-11)20-17(22)19-14-7-5-13(6-8-14)16(21)18-3/h4-10H,1-3H3,(H,18,21)(H2,19,20,22). The molecule has 2 aromatic rings. The lowest BCUT2D eigenvalue weighted by atomic mass is 10.1. The lowest BCUT2D eigenvalue weighted by molar-refractivity contribution is 0.0963. The van der Waals surface area contributed by atoms with Crippen LogP contribution in [0.25, 0.3) is 0 Å². The van der Waals surface area contributed by atoms with Crippen LogP contribution < -0.4 is 16.0 Å². The molecule has 3 N–H and O–H groups in total. The third-order valence-electron chi connectivity index (χ3n) is 3.26. The highest BCUT2D eigenvalue weighted by molar-refractivity contribution is 6.00. The van der Waals surface area contributed by atoms with Crippen LogP contribution in [0.5, 0.6) is 0 Å². The van der Waals surface area contributed by atoms with Crippen molar-refractivity contribution >= 4 is 23.3 Å². The Labute approximate surface area is 129 Å². The summed E-state index contributed by atoms with van der Waals surface area (Å²) in [5.41, 5.74) is 4.08. The average Bonchev–Trinajstić information content (AvgIpc) is 2.50. The van der Waals surface area contributed by atoms with E-state index in [1.54, 1.807) is 31.3 Å². The third-order valence-corrected chi connectivity index (χ3v) is 3.26. The first-order valence-electron chi connectivity index (χ1n) is 6.97. The number of hydrogen-bond acceptors (Lipinski definition) is 2. The summed E-state index contributed by atoms with van der Waals surface area (Å²) >= 11 is 0. The molecule has 0 aromatic heterocycles. The lowest BCUT2D eigenvalue weighted by Gasteiger charge is -2.11. The van der Waals surface area contributed by atoms with E-state index in [4.69, 9.17) is 0 Å². The molecule has 2 aromatic carbocycles. The fraction of sp³-hybridized carbons (Fsp3) is 0.176. The first-order valence-corrected chi connectivity index (χ1v) is 6.97. The Kier molecular flexibility index (Phi) is 4.78. The van der Waals surface area contributed by atoms with Crippen molar-refractivity contribution in [1.82, 2.24) is 5.32 Å². The van der Waals surface area contributed by atoms with Crippen molar-refractivity contribution in [2.75, 3.05) is 17.7 Å². The predicted molar refractivity (Wildman–Crippen MR) is 88.4 cm³/mol. The van der Waals surface area contributed by atoms with Crippen LogP contribution in [0.1, 0.15) is 21.5 Å². The van der Waals surface area contributed by atoms with Crippen LogP contribution in [0.15, 0.2) is 42.5 Å². The minimum absolute atomic E-state index is 0.161. The Morgan fingerprint density at radius 1 is 0.909 bits per heavy atom. The summed E-state index contributed by atoms with van der Waals surface area (Å²) in [6.45, 7) is 3.95. The van der Waals surface area contributed by atoms with Gasteiger partial charge >= 0.3 is 6.03 Å². The zero-order chi connectivity index (χ0) is 16.1.